The molecule has 1 saturated carbocycles. The molecule has 7 heteroatoms. The monoisotopic (exact) mass is 330 g/mol. The Morgan fingerprint density at radius 2 is 2.00 bits per heavy atom. The Hall–Kier alpha value is -2.57. The molecule has 0 bridgehead atoms. The van der Waals surface area contributed by atoms with Gasteiger partial charge in [-0.3, -0.25) is 0 Å². The van der Waals surface area contributed by atoms with E-state index >= 15 is 0 Å². The number of benzene rings is 1. The number of aromatic nitrogens is 2. The minimum Gasteiger partial charge on any atom is -0.497 e. The zero-order valence-corrected chi connectivity index (χ0v) is 13.7. The van der Waals surface area contributed by atoms with E-state index in [1.165, 1.54) is 19.3 Å². The first-order valence-electron chi connectivity index (χ1n) is 8.26. The molecule has 1 fully saturated rings. The molecule has 1 aromatic carbocycles. The van der Waals surface area contributed by atoms with Crippen LogP contribution in [0.5, 0.6) is 5.75 Å². The summed E-state index contributed by atoms with van der Waals surface area (Å²) >= 11 is 0. The van der Waals surface area contributed by atoms with Gasteiger partial charge in [-0.2, -0.15) is 4.98 Å². The van der Waals surface area contributed by atoms with E-state index in [1.807, 2.05) is 24.3 Å². The second kappa shape index (κ2) is 7.81. The average Bonchev–Trinajstić information content (AvgIpc) is 3.10. The molecular weight excluding hydrogens is 308 g/mol. The zero-order valence-electron chi connectivity index (χ0n) is 13.7. The van der Waals surface area contributed by atoms with Gasteiger partial charge in [-0.05, 0) is 37.1 Å². The molecule has 0 spiro atoms. The quantitative estimate of drug-likeness (QED) is 0.880. The summed E-state index contributed by atoms with van der Waals surface area (Å²) in [7, 11) is 1.62. The van der Waals surface area contributed by atoms with Crippen LogP contribution in [-0.2, 0) is 6.54 Å². The van der Waals surface area contributed by atoms with Crippen molar-refractivity contribution in [2.45, 2.75) is 44.7 Å². The Bertz CT molecular complexity index is 663. The van der Waals surface area contributed by atoms with Crippen LogP contribution in [0.3, 0.4) is 0 Å². The molecule has 1 aromatic heterocycles. The first-order valence-corrected chi connectivity index (χ1v) is 8.26. The summed E-state index contributed by atoms with van der Waals surface area (Å²) in [4.78, 5) is 16.2. The number of hydrogen-bond acceptors (Lipinski definition) is 5. The van der Waals surface area contributed by atoms with Gasteiger partial charge in [-0.15, -0.1) is 0 Å². The maximum atomic E-state index is 11.9. The molecule has 0 radical (unpaired) electrons. The van der Waals surface area contributed by atoms with Gasteiger partial charge in [0.1, 0.15) is 5.75 Å². The Kier molecular flexibility index (Phi) is 5.30. The molecule has 0 unspecified atom stereocenters. The highest BCUT2D eigenvalue weighted by Gasteiger charge is 2.16. The van der Waals surface area contributed by atoms with Gasteiger partial charge in [0.15, 0.2) is 0 Å². The summed E-state index contributed by atoms with van der Waals surface area (Å²) in [6.45, 7) is 0.210. The van der Waals surface area contributed by atoms with Crippen LogP contribution in [-0.4, -0.2) is 29.3 Å². The third-order valence-electron chi connectivity index (χ3n) is 4.16. The first kappa shape index (κ1) is 16.3. The van der Waals surface area contributed by atoms with Crippen LogP contribution < -0.4 is 15.4 Å². The van der Waals surface area contributed by atoms with Crippen LogP contribution in [0.4, 0.5) is 4.79 Å². The molecule has 0 saturated heterocycles. The minimum atomic E-state index is -0.189. The molecule has 2 N–H and O–H groups in total. The predicted molar refractivity (Wildman–Crippen MR) is 88.5 cm³/mol. The molecule has 24 heavy (non-hydrogen) atoms. The van der Waals surface area contributed by atoms with Crippen molar-refractivity contribution in [1.29, 1.82) is 0 Å². The van der Waals surface area contributed by atoms with Crippen molar-refractivity contribution in [3.05, 3.63) is 30.2 Å². The van der Waals surface area contributed by atoms with Crippen molar-refractivity contribution in [3.63, 3.8) is 0 Å². The van der Waals surface area contributed by atoms with Crippen LogP contribution >= 0.6 is 0 Å². The van der Waals surface area contributed by atoms with Crippen molar-refractivity contribution in [2.75, 3.05) is 7.11 Å². The summed E-state index contributed by atoms with van der Waals surface area (Å²) in [5.74, 6) is 1.63. The second-order valence-electron chi connectivity index (χ2n) is 5.90. The summed E-state index contributed by atoms with van der Waals surface area (Å²) in [5.41, 5.74) is 0.831. The highest BCUT2D eigenvalue weighted by Crippen LogP contribution is 2.20. The molecule has 3 rings (SSSR count). The number of carbonyl (C=O) groups excluding carboxylic acids is 1. The average molecular weight is 330 g/mol. The van der Waals surface area contributed by atoms with Gasteiger partial charge in [-0.1, -0.05) is 24.4 Å². The molecule has 1 heterocycles. The smallest absolute Gasteiger partial charge is 0.315 e. The van der Waals surface area contributed by atoms with E-state index in [9.17, 15) is 4.79 Å². The number of nitrogens with zero attached hydrogens (tertiary/aromatic N) is 2. The molecule has 128 valence electrons. The lowest BCUT2D eigenvalue weighted by molar-refractivity contribution is 0.230. The molecule has 2 aromatic rings. The van der Waals surface area contributed by atoms with E-state index < -0.39 is 0 Å². The number of nitrogens with one attached hydrogen (secondary N) is 2. The molecule has 0 atom stereocenters. The van der Waals surface area contributed by atoms with E-state index in [4.69, 9.17) is 9.26 Å². The molecule has 2 amide bonds. The van der Waals surface area contributed by atoms with Crippen molar-refractivity contribution in [1.82, 2.24) is 20.8 Å². The lowest BCUT2D eigenvalue weighted by Gasteiger charge is -2.22. The maximum absolute atomic E-state index is 11.9. The third kappa shape index (κ3) is 4.24. The van der Waals surface area contributed by atoms with E-state index in [0.717, 1.165) is 24.2 Å². The van der Waals surface area contributed by atoms with Crippen molar-refractivity contribution in [3.8, 4) is 17.1 Å². The van der Waals surface area contributed by atoms with Crippen LogP contribution in [0.2, 0.25) is 0 Å². The fraction of sp³-hybridized carbons (Fsp3) is 0.471. The fourth-order valence-electron chi connectivity index (χ4n) is 2.82. The fourth-order valence-corrected chi connectivity index (χ4v) is 2.82. The van der Waals surface area contributed by atoms with Gasteiger partial charge in [-0.25, -0.2) is 4.79 Å². The predicted octanol–water partition coefficient (Wildman–Crippen LogP) is 2.88. The Labute approximate surface area is 140 Å². The van der Waals surface area contributed by atoms with Crippen LogP contribution in [0, 0.1) is 0 Å². The maximum Gasteiger partial charge on any atom is 0.315 e. The Balaban J connectivity index is 1.50. The van der Waals surface area contributed by atoms with E-state index in [0.29, 0.717) is 11.7 Å². The number of amides is 2. The standard InChI is InChI=1S/C17H22N4O3/c1-23-14-9-7-12(8-10-14)16-20-15(24-21-16)11-18-17(22)19-13-5-3-2-4-6-13/h7-10,13H,2-6,11H2,1H3,(H2,18,19,22). The lowest BCUT2D eigenvalue weighted by Crippen LogP contribution is -2.42. The van der Waals surface area contributed by atoms with Crippen LogP contribution in [0.25, 0.3) is 11.4 Å². The van der Waals surface area contributed by atoms with Gasteiger partial charge < -0.3 is 19.9 Å². The summed E-state index contributed by atoms with van der Waals surface area (Å²) in [6.07, 6.45) is 5.72. The van der Waals surface area contributed by atoms with Gasteiger partial charge in [0.05, 0.1) is 13.7 Å². The van der Waals surface area contributed by atoms with E-state index in [1.54, 1.807) is 7.11 Å². The van der Waals surface area contributed by atoms with Crippen molar-refractivity contribution >= 4 is 6.03 Å². The van der Waals surface area contributed by atoms with Gasteiger partial charge >= 0.3 is 6.03 Å². The van der Waals surface area contributed by atoms with Crippen molar-refractivity contribution in [2.24, 2.45) is 0 Å². The normalized spacial score (nSPS) is 15.0. The minimum absolute atomic E-state index is 0.189. The van der Waals surface area contributed by atoms with Gasteiger partial charge in [0.25, 0.3) is 0 Å². The number of methoxy groups -OCH3 is 1. The SMILES string of the molecule is COc1ccc(-c2noc(CNC(=O)NC3CCCCC3)n2)cc1. The molecule has 0 aliphatic heterocycles. The summed E-state index contributed by atoms with van der Waals surface area (Å²) in [5, 5.41) is 9.69. The first-order chi connectivity index (χ1) is 11.7. The number of ether oxygens (including phenoxy) is 1. The van der Waals surface area contributed by atoms with Crippen molar-refractivity contribution < 1.29 is 14.1 Å². The molecule has 7 nitrogen and oxygen atoms in total. The molecule has 1 aliphatic carbocycles. The summed E-state index contributed by atoms with van der Waals surface area (Å²) < 4.78 is 10.3. The Morgan fingerprint density at radius 1 is 1.25 bits per heavy atom. The summed E-state index contributed by atoms with van der Waals surface area (Å²) in [6, 6.07) is 7.47. The van der Waals surface area contributed by atoms with E-state index in [-0.39, 0.29) is 18.6 Å². The topological polar surface area (TPSA) is 89.3 Å². The molecular formula is C17H22N4O3. The zero-order chi connectivity index (χ0) is 16.8. The second-order valence-corrected chi connectivity index (χ2v) is 5.90. The van der Waals surface area contributed by atoms with Crippen LogP contribution in [0.1, 0.15) is 38.0 Å². The molecule has 1 aliphatic rings. The largest absolute Gasteiger partial charge is 0.497 e. The number of carbonyl (C=O) groups is 1. The van der Waals surface area contributed by atoms with Gasteiger partial charge in [0, 0.05) is 11.6 Å². The Morgan fingerprint density at radius 3 is 2.71 bits per heavy atom. The van der Waals surface area contributed by atoms with Crippen LogP contribution in [0.15, 0.2) is 28.8 Å². The highest BCUT2D eigenvalue weighted by molar-refractivity contribution is 5.74. The lowest BCUT2D eigenvalue weighted by atomic mass is 9.96. The number of urea groups is 1. The number of rotatable bonds is 5. The third-order valence-corrected chi connectivity index (χ3v) is 4.16. The number of hydrogen-bond donors (Lipinski definition) is 2. The van der Waals surface area contributed by atoms with E-state index in [2.05, 4.69) is 20.8 Å². The highest BCUT2D eigenvalue weighted by atomic mass is 16.5. The van der Waals surface area contributed by atoms with Gasteiger partial charge in [0.2, 0.25) is 11.7 Å².